The first kappa shape index (κ1) is 19.7. The summed E-state index contributed by atoms with van der Waals surface area (Å²) < 4.78 is 62.2. The minimum Gasteiger partial charge on any atom is -0.334 e. The van der Waals surface area contributed by atoms with Crippen LogP contribution in [-0.2, 0) is 16.2 Å². The van der Waals surface area contributed by atoms with Crippen molar-refractivity contribution in [3.63, 3.8) is 0 Å². The highest BCUT2D eigenvalue weighted by atomic mass is 35.5. The molecular weight excluding hydrogens is 426 g/mol. The van der Waals surface area contributed by atoms with Gasteiger partial charge in [0.2, 0.25) is 15.8 Å². The van der Waals surface area contributed by atoms with E-state index in [-0.39, 0.29) is 32.4 Å². The highest BCUT2D eigenvalue weighted by Gasteiger charge is 2.36. The average molecular weight is 436 g/mol. The first-order valence-corrected chi connectivity index (χ1v) is 9.53. The lowest BCUT2D eigenvalue weighted by Gasteiger charge is -2.07. The van der Waals surface area contributed by atoms with E-state index in [2.05, 4.69) is 9.97 Å². The first-order chi connectivity index (χ1) is 12.5. The molecule has 11 heteroatoms. The Bertz CT molecular complexity index is 1110. The van der Waals surface area contributed by atoms with Gasteiger partial charge in [-0.05, 0) is 30.3 Å². The molecule has 0 saturated heterocycles. The van der Waals surface area contributed by atoms with Gasteiger partial charge in [-0.3, -0.25) is 0 Å². The smallest absolute Gasteiger partial charge is 0.334 e. The number of H-pyrrole nitrogens is 1. The molecule has 0 radical (unpaired) electrons. The second-order valence-corrected chi connectivity index (χ2v) is 7.91. The van der Waals surface area contributed by atoms with Gasteiger partial charge in [0.25, 0.3) is 0 Å². The Morgan fingerprint density at radius 1 is 1.04 bits per heavy atom. The standard InChI is InChI=1S/C16H10Cl2F3N3O2S/c17-9-3-6-11(12(18)7-9)14-13(23-15(24-14)16(19,20)21)8-1-4-10(5-2-8)27(22,25)26/h1-7H,(H,23,24)(H2,22,25,26). The molecule has 1 heterocycles. The third kappa shape index (κ3) is 4.11. The number of aromatic amines is 1. The molecule has 27 heavy (non-hydrogen) atoms. The number of sulfonamides is 1. The van der Waals surface area contributed by atoms with Gasteiger partial charge in [0.15, 0.2) is 0 Å². The molecule has 0 spiro atoms. The Morgan fingerprint density at radius 3 is 2.19 bits per heavy atom. The van der Waals surface area contributed by atoms with Crippen molar-refractivity contribution < 1.29 is 21.6 Å². The Kier molecular flexibility index (Phi) is 4.98. The van der Waals surface area contributed by atoms with E-state index < -0.39 is 22.0 Å². The molecule has 0 aliphatic heterocycles. The van der Waals surface area contributed by atoms with Gasteiger partial charge in [-0.2, -0.15) is 13.2 Å². The monoisotopic (exact) mass is 435 g/mol. The lowest BCUT2D eigenvalue weighted by atomic mass is 10.1. The molecule has 0 fully saturated rings. The molecule has 3 aromatic rings. The van der Waals surface area contributed by atoms with E-state index in [9.17, 15) is 21.6 Å². The van der Waals surface area contributed by atoms with Crippen molar-refractivity contribution in [1.29, 1.82) is 0 Å². The summed E-state index contributed by atoms with van der Waals surface area (Å²) in [5.74, 6) is -1.21. The Balaban J connectivity index is 2.21. The molecule has 0 saturated carbocycles. The highest BCUT2D eigenvalue weighted by Crippen LogP contribution is 2.39. The third-order valence-corrected chi connectivity index (χ3v) is 5.11. The largest absolute Gasteiger partial charge is 0.449 e. The number of hydrogen-bond donors (Lipinski definition) is 2. The zero-order valence-electron chi connectivity index (χ0n) is 13.2. The minimum absolute atomic E-state index is 0.0207. The fraction of sp³-hybridized carbons (Fsp3) is 0.0625. The van der Waals surface area contributed by atoms with Crippen molar-refractivity contribution in [3.8, 4) is 22.5 Å². The molecule has 0 aliphatic rings. The Hall–Kier alpha value is -2.07. The molecule has 0 unspecified atom stereocenters. The van der Waals surface area contributed by atoms with Crippen LogP contribution < -0.4 is 5.14 Å². The van der Waals surface area contributed by atoms with E-state index in [4.69, 9.17) is 28.3 Å². The summed E-state index contributed by atoms with van der Waals surface area (Å²) in [5.41, 5.74) is 0.477. The summed E-state index contributed by atoms with van der Waals surface area (Å²) in [5, 5.41) is 5.48. The molecule has 0 bridgehead atoms. The van der Waals surface area contributed by atoms with Crippen molar-refractivity contribution in [2.24, 2.45) is 5.14 Å². The summed E-state index contributed by atoms with van der Waals surface area (Å²) in [4.78, 5) is 5.69. The summed E-state index contributed by atoms with van der Waals surface area (Å²) in [6.07, 6.45) is -4.72. The maximum Gasteiger partial charge on any atom is 0.449 e. The van der Waals surface area contributed by atoms with E-state index in [0.717, 1.165) is 0 Å². The zero-order valence-corrected chi connectivity index (χ0v) is 15.5. The van der Waals surface area contributed by atoms with E-state index in [0.29, 0.717) is 5.02 Å². The molecule has 2 aromatic carbocycles. The second-order valence-electron chi connectivity index (χ2n) is 5.50. The van der Waals surface area contributed by atoms with Gasteiger partial charge in [0, 0.05) is 16.1 Å². The van der Waals surface area contributed by atoms with Gasteiger partial charge in [0.05, 0.1) is 21.3 Å². The summed E-state index contributed by atoms with van der Waals surface area (Å²) in [6.45, 7) is 0. The lowest BCUT2D eigenvalue weighted by Crippen LogP contribution is -2.11. The number of nitrogens with zero attached hydrogens (tertiary/aromatic N) is 1. The van der Waals surface area contributed by atoms with Crippen LogP contribution in [-0.4, -0.2) is 18.4 Å². The first-order valence-electron chi connectivity index (χ1n) is 7.22. The summed E-state index contributed by atoms with van der Waals surface area (Å²) in [7, 11) is -3.94. The van der Waals surface area contributed by atoms with Gasteiger partial charge in [0.1, 0.15) is 0 Å². The molecular formula is C16H10Cl2F3N3O2S. The number of aromatic nitrogens is 2. The molecule has 0 atom stereocenters. The van der Waals surface area contributed by atoms with Gasteiger partial charge in [-0.25, -0.2) is 18.5 Å². The van der Waals surface area contributed by atoms with Crippen LogP contribution in [0, 0.1) is 0 Å². The van der Waals surface area contributed by atoms with E-state index >= 15 is 0 Å². The summed E-state index contributed by atoms with van der Waals surface area (Å²) >= 11 is 12.0. The second kappa shape index (κ2) is 6.83. The average Bonchev–Trinajstić information content (AvgIpc) is 2.99. The fourth-order valence-electron chi connectivity index (χ4n) is 2.41. The van der Waals surface area contributed by atoms with Crippen molar-refractivity contribution in [1.82, 2.24) is 9.97 Å². The molecule has 5 nitrogen and oxygen atoms in total. The fourth-order valence-corrected chi connectivity index (χ4v) is 3.42. The lowest BCUT2D eigenvalue weighted by molar-refractivity contribution is -0.144. The number of imidazole rings is 1. The molecule has 0 aliphatic carbocycles. The van der Waals surface area contributed by atoms with Crippen LogP contribution in [0.25, 0.3) is 22.5 Å². The van der Waals surface area contributed by atoms with Crippen LogP contribution in [0.1, 0.15) is 5.82 Å². The Labute approximate surface area is 162 Å². The van der Waals surface area contributed by atoms with Crippen molar-refractivity contribution in [2.75, 3.05) is 0 Å². The predicted molar refractivity (Wildman–Crippen MR) is 95.9 cm³/mol. The topological polar surface area (TPSA) is 88.8 Å². The minimum atomic E-state index is -4.72. The number of hydrogen-bond acceptors (Lipinski definition) is 3. The van der Waals surface area contributed by atoms with Crippen LogP contribution in [0.2, 0.25) is 10.0 Å². The maximum atomic E-state index is 13.2. The van der Waals surface area contributed by atoms with E-state index in [1.807, 2.05) is 0 Å². The van der Waals surface area contributed by atoms with Crippen LogP contribution in [0.5, 0.6) is 0 Å². The molecule has 3 rings (SSSR count). The van der Waals surface area contributed by atoms with Crippen LogP contribution >= 0.6 is 23.2 Å². The highest BCUT2D eigenvalue weighted by molar-refractivity contribution is 7.89. The number of halogens is 5. The number of nitrogens with two attached hydrogens (primary N) is 1. The molecule has 3 N–H and O–H groups in total. The molecule has 142 valence electrons. The van der Waals surface area contributed by atoms with Gasteiger partial charge in [-0.15, -0.1) is 0 Å². The number of alkyl halides is 3. The zero-order chi connectivity index (χ0) is 20.0. The number of benzene rings is 2. The van der Waals surface area contributed by atoms with Crippen molar-refractivity contribution in [2.45, 2.75) is 11.1 Å². The Morgan fingerprint density at radius 2 is 1.67 bits per heavy atom. The predicted octanol–water partition coefficient (Wildman–Crippen LogP) is 4.72. The normalized spacial score (nSPS) is 12.4. The number of primary sulfonamides is 1. The van der Waals surface area contributed by atoms with Crippen LogP contribution in [0.15, 0.2) is 47.4 Å². The van der Waals surface area contributed by atoms with Gasteiger partial charge >= 0.3 is 6.18 Å². The third-order valence-electron chi connectivity index (χ3n) is 3.63. The van der Waals surface area contributed by atoms with Gasteiger partial charge in [-0.1, -0.05) is 35.3 Å². The number of nitrogens with one attached hydrogen (secondary N) is 1. The quantitative estimate of drug-likeness (QED) is 0.623. The van der Waals surface area contributed by atoms with E-state index in [1.165, 1.54) is 42.5 Å². The molecule has 1 aromatic heterocycles. The maximum absolute atomic E-state index is 13.2. The van der Waals surface area contributed by atoms with Gasteiger partial charge < -0.3 is 4.98 Å². The van der Waals surface area contributed by atoms with Crippen LogP contribution in [0.4, 0.5) is 13.2 Å². The SMILES string of the molecule is NS(=O)(=O)c1ccc(-c2nc(C(F)(F)F)[nH]c2-c2ccc(Cl)cc2Cl)cc1. The number of rotatable bonds is 3. The van der Waals surface area contributed by atoms with Crippen LogP contribution in [0.3, 0.4) is 0 Å². The summed E-state index contributed by atoms with van der Waals surface area (Å²) in [6, 6.07) is 9.30. The van der Waals surface area contributed by atoms with E-state index in [1.54, 1.807) is 0 Å². The van der Waals surface area contributed by atoms with Crippen molar-refractivity contribution in [3.05, 3.63) is 58.3 Å². The molecule has 0 amide bonds. The van der Waals surface area contributed by atoms with Crippen molar-refractivity contribution >= 4 is 33.2 Å².